The Labute approximate surface area is 234 Å². The summed E-state index contributed by atoms with van der Waals surface area (Å²) < 4.78 is 21.3. The molecule has 7 nitrogen and oxygen atoms in total. The first-order valence-electron chi connectivity index (χ1n) is 13.6. The standard InChI is InChI=1S/C33H35N3O4/c1-5-19-38-22-29-28(21-34-36(29)4)27-16-10-15-25-26(32(33(37)39-6-2)35(3)31(25)27)17-11-20-40-30-18-9-13-23-12-7-8-14-24(23)30/h5,7-10,12-16,18,21H,1,6,11,17,19-20,22H2,2-4H3. The lowest BCUT2D eigenvalue weighted by atomic mass is 10.00. The highest BCUT2D eigenvalue weighted by Crippen LogP contribution is 2.36. The summed E-state index contributed by atoms with van der Waals surface area (Å²) in [5.74, 6) is 0.546. The molecule has 0 saturated heterocycles. The molecule has 0 aliphatic carbocycles. The van der Waals surface area contributed by atoms with E-state index in [1.165, 1.54) is 0 Å². The zero-order valence-electron chi connectivity index (χ0n) is 23.4. The first-order chi connectivity index (χ1) is 19.5. The van der Waals surface area contributed by atoms with Crippen molar-refractivity contribution < 1.29 is 19.0 Å². The van der Waals surface area contributed by atoms with Crippen molar-refractivity contribution in [2.24, 2.45) is 14.1 Å². The number of aryl methyl sites for hydroxylation is 3. The number of para-hydroxylation sites is 1. The van der Waals surface area contributed by atoms with Gasteiger partial charge in [0.25, 0.3) is 0 Å². The van der Waals surface area contributed by atoms with Gasteiger partial charge in [-0.15, -0.1) is 6.58 Å². The number of rotatable bonds is 12. The van der Waals surface area contributed by atoms with E-state index in [1.54, 1.807) is 6.08 Å². The van der Waals surface area contributed by atoms with Crippen molar-refractivity contribution in [3.63, 3.8) is 0 Å². The van der Waals surface area contributed by atoms with Crippen LogP contribution >= 0.6 is 0 Å². The summed E-state index contributed by atoms with van der Waals surface area (Å²) >= 11 is 0. The minimum atomic E-state index is -0.321. The average molecular weight is 538 g/mol. The smallest absolute Gasteiger partial charge is 0.355 e. The molecule has 0 spiro atoms. The molecule has 5 rings (SSSR count). The first kappa shape index (κ1) is 27.2. The molecule has 2 aromatic heterocycles. The van der Waals surface area contributed by atoms with Crippen LogP contribution in [0.2, 0.25) is 0 Å². The summed E-state index contributed by atoms with van der Waals surface area (Å²) in [4.78, 5) is 13.2. The zero-order valence-corrected chi connectivity index (χ0v) is 23.4. The molecular weight excluding hydrogens is 502 g/mol. The van der Waals surface area contributed by atoms with E-state index in [4.69, 9.17) is 14.2 Å². The molecule has 0 unspecified atom stereocenters. The number of nitrogens with zero attached hydrogens (tertiary/aromatic N) is 3. The summed E-state index contributed by atoms with van der Waals surface area (Å²) in [6.45, 7) is 7.26. The molecule has 206 valence electrons. The fourth-order valence-electron chi connectivity index (χ4n) is 5.37. The highest BCUT2D eigenvalue weighted by Gasteiger charge is 2.25. The van der Waals surface area contributed by atoms with Crippen LogP contribution in [0.15, 0.2) is 79.5 Å². The van der Waals surface area contributed by atoms with Gasteiger partial charge in [-0.3, -0.25) is 4.68 Å². The van der Waals surface area contributed by atoms with Crippen LogP contribution in [0.25, 0.3) is 32.8 Å². The van der Waals surface area contributed by atoms with Gasteiger partial charge in [-0.1, -0.05) is 60.7 Å². The second-order valence-corrected chi connectivity index (χ2v) is 9.67. The van der Waals surface area contributed by atoms with Crippen LogP contribution in [0.1, 0.15) is 35.1 Å². The van der Waals surface area contributed by atoms with E-state index >= 15 is 0 Å². The quantitative estimate of drug-likeness (QED) is 0.102. The monoisotopic (exact) mass is 537 g/mol. The van der Waals surface area contributed by atoms with Gasteiger partial charge in [0.05, 0.1) is 43.8 Å². The van der Waals surface area contributed by atoms with Gasteiger partial charge in [-0.25, -0.2) is 4.79 Å². The molecular formula is C33H35N3O4. The van der Waals surface area contributed by atoms with E-state index in [2.05, 4.69) is 42.0 Å². The maximum atomic E-state index is 13.2. The molecule has 40 heavy (non-hydrogen) atoms. The number of hydrogen-bond acceptors (Lipinski definition) is 5. The lowest BCUT2D eigenvalue weighted by molar-refractivity contribution is 0.0514. The molecule has 0 fully saturated rings. The van der Waals surface area contributed by atoms with Gasteiger partial charge in [0.15, 0.2) is 0 Å². The number of aromatic nitrogens is 3. The Morgan fingerprint density at radius 1 is 1.00 bits per heavy atom. The Morgan fingerprint density at radius 3 is 2.60 bits per heavy atom. The predicted octanol–water partition coefficient (Wildman–Crippen LogP) is 6.62. The average Bonchev–Trinajstić information content (AvgIpc) is 3.48. The van der Waals surface area contributed by atoms with Gasteiger partial charge in [-0.2, -0.15) is 5.10 Å². The van der Waals surface area contributed by atoms with E-state index in [-0.39, 0.29) is 5.97 Å². The molecule has 0 radical (unpaired) electrons. The Balaban J connectivity index is 1.48. The number of carbonyl (C=O) groups is 1. The van der Waals surface area contributed by atoms with Crippen LogP contribution in [0, 0.1) is 0 Å². The molecule has 0 N–H and O–H groups in total. The highest BCUT2D eigenvalue weighted by molar-refractivity contribution is 6.04. The van der Waals surface area contributed by atoms with Crippen LogP contribution in [0.5, 0.6) is 5.75 Å². The third-order valence-electron chi connectivity index (χ3n) is 7.19. The Morgan fingerprint density at radius 2 is 1.77 bits per heavy atom. The number of esters is 1. The van der Waals surface area contributed by atoms with Crippen molar-refractivity contribution in [2.45, 2.75) is 26.4 Å². The van der Waals surface area contributed by atoms with Gasteiger partial charge in [0.2, 0.25) is 0 Å². The largest absolute Gasteiger partial charge is 0.493 e. The van der Waals surface area contributed by atoms with Crippen molar-refractivity contribution in [1.29, 1.82) is 0 Å². The highest BCUT2D eigenvalue weighted by atomic mass is 16.5. The van der Waals surface area contributed by atoms with Crippen molar-refractivity contribution in [3.05, 3.63) is 96.5 Å². The lowest BCUT2D eigenvalue weighted by Gasteiger charge is -2.10. The summed E-state index contributed by atoms with van der Waals surface area (Å²) in [6, 6.07) is 20.5. The molecule has 5 aromatic rings. The predicted molar refractivity (Wildman–Crippen MR) is 159 cm³/mol. The maximum Gasteiger partial charge on any atom is 0.355 e. The summed E-state index contributed by atoms with van der Waals surface area (Å²) in [5, 5.41) is 7.77. The van der Waals surface area contributed by atoms with Crippen LogP contribution in [0.4, 0.5) is 0 Å². The van der Waals surface area contributed by atoms with Gasteiger partial charge in [-0.05, 0) is 36.8 Å². The van der Waals surface area contributed by atoms with Gasteiger partial charge >= 0.3 is 5.97 Å². The molecule has 0 saturated carbocycles. The van der Waals surface area contributed by atoms with Crippen LogP contribution in [0.3, 0.4) is 0 Å². The number of fused-ring (bicyclic) bond motifs is 2. The van der Waals surface area contributed by atoms with E-state index in [9.17, 15) is 4.79 Å². The van der Waals surface area contributed by atoms with Crippen molar-refractivity contribution in [3.8, 4) is 16.9 Å². The van der Waals surface area contributed by atoms with Crippen molar-refractivity contribution in [2.75, 3.05) is 19.8 Å². The number of ether oxygens (including phenoxy) is 3. The molecule has 0 bridgehead atoms. The Bertz CT molecular complexity index is 1660. The Kier molecular flexibility index (Phi) is 8.31. The minimum Gasteiger partial charge on any atom is -0.493 e. The maximum absolute atomic E-state index is 13.2. The van der Waals surface area contributed by atoms with Gasteiger partial charge in [0.1, 0.15) is 11.4 Å². The lowest BCUT2D eigenvalue weighted by Crippen LogP contribution is -2.13. The summed E-state index contributed by atoms with van der Waals surface area (Å²) in [6.07, 6.45) is 5.00. The second-order valence-electron chi connectivity index (χ2n) is 9.67. The number of hydrogen-bond donors (Lipinski definition) is 0. The van der Waals surface area contributed by atoms with Gasteiger partial charge in [0, 0.05) is 36.0 Å². The topological polar surface area (TPSA) is 67.5 Å². The van der Waals surface area contributed by atoms with Gasteiger partial charge < -0.3 is 18.8 Å². The van der Waals surface area contributed by atoms with E-state index in [0.29, 0.717) is 38.5 Å². The third-order valence-corrected chi connectivity index (χ3v) is 7.19. The molecule has 0 aliphatic rings. The third kappa shape index (κ3) is 5.25. The number of benzene rings is 3. The molecule has 2 heterocycles. The Hall–Kier alpha value is -4.36. The van der Waals surface area contributed by atoms with Crippen molar-refractivity contribution in [1.82, 2.24) is 14.3 Å². The fraction of sp³-hybridized carbons (Fsp3) is 0.273. The molecule has 3 aromatic carbocycles. The fourth-order valence-corrected chi connectivity index (χ4v) is 5.37. The van der Waals surface area contributed by atoms with Crippen LogP contribution in [-0.4, -0.2) is 40.1 Å². The zero-order chi connectivity index (χ0) is 28.1. The van der Waals surface area contributed by atoms with Crippen LogP contribution in [-0.2, 0) is 36.6 Å². The minimum absolute atomic E-state index is 0.310. The normalized spacial score (nSPS) is 11.3. The first-order valence-corrected chi connectivity index (χ1v) is 13.6. The van der Waals surface area contributed by atoms with E-state index in [1.807, 2.05) is 66.8 Å². The molecule has 7 heteroatoms. The van der Waals surface area contributed by atoms with Crippen molar-refractivity contribution >= 4 is 27.6 Å². The summed E-state index contributed by atoms with van der Waals surface area (Å²) in [5.41, 5.74) is 5.43. The SMILES string of the molecule is C=CCOCc1c(-c2cccc3c(CCCOc4cccc5ccccc45)c(C(=O)OCC)n(C)c23)cnn1C. The second kappa shape index (κ2) is 12.2. The molecule has 0 atom stereocenters. The molecule has 0 amide bonds. The summed E-state index contributed by atoms with van der Waals surface area (Å²) in [7, 11) is 3.84. The number of carbonyl (C=O) groups excluding carboxylic acids is 1. The van der Waals surface area contributed by atoms with E-state index < -0.39 is 0 Å². The van der Waals surface area contributed by atoms with E-state index in [0.717, 1.165) is 56.2 Å². The van der Waals surface area contributed by atoms with Crippen LogP contribution < -0.4 is 4.74 Å². The molecule has 0 aliphatic heterocycles.